The first kappa shape index (κ1) is 19.8. The molecular weight excluding hydrogens is 482 g/mol. The van der Waals surface area contributed by atoms with Gasteiger partial charge in [-0.15, -0.1) is 10.2 Å². The minimum absolute atomic E-state index is 0.0441. The van der Waals surface area contributed by atoms with Gasteiger partial charge in [-0.1, -0.05) is 57.6 Å². The average molecular weight is 496 g/mol. The van der Waals surface area contributed by atoms with Crippen molar-refractivity contribution in [1.82, 2.24) is 10.2 Å². The topological polar surface area (TPSA) is 93.4 Å². The van der Waals surface area contributed by atoms with Crippen molar-refractivity contribution in [3.63, 3.8) is 0 Å². The van der Waals surface area contributed by atoms with E-state index in [1.54, 1.807) is 43.3 Å². The summed E-state index contributed by atoms with van der Waals surface area (Å²) in [6, 6.07) is 15.1. The number of hydrogen-bond acceptors (Lipinski definition) is 7. The van der Waals surface area contributed by atoms with Crippen molar-refractivity contribution < 1.29 is 18.8 Å². The molecule has 1 amide bonds. The molecule has 0 aliphatic carbocycles. The number of rotatable bonds is 4. The second kappa shape index (κ2) is 7.51. The second-order valence-electron chi connectivity index (χ2n) is 7.13. The molecule has 2 aromatic carbocycles. The van der Waals surface area contributed by atoms with Gasteiger partial charge < -0.3 is 4.42 Å². The quantitative estimate of drug-likeness (QED) is 0.235. The first-order valence-corrected chi connectivity index (χ1v) is 11.0. The molecule has 3 heterocycles. The maximum Gasteiger partial charge on any atom is 0.297 e. The molecular formula is C22H14BrN3O4S. The molecule has 1 aliphatic heterocycles. The zero-order valence-corrected chi connectivity index (χ0v) is 18.5. The van der Waals surface area contributed by atoms with Crippen LogP contribution in [0.15, 0.2) is 63.5 Å². The van der Waals surface area contributed by atoms with Crippen molar-refractivity contribution in [2.45, 2.75) is 13.0 Å². The Kier molecular flexibility index (Phi) is 4.79. The second-order valence-corrected chi connectivity index (χ2v) is 9.21. The summed E-state index contributed by atoms with van der Waals surface area (Å²) in [5.41, 5.74) is 1.18. The number of Topliss-reactive ketones (excluding diaryl/α,β-unsaturated/α-hetero) is 2. The minimum atomic E-state index is -1.26. The van der Waals surface area contributed by atoms with E-state index in [1.165, 1.54) is 16.2 Å². The van der Waals surface area contributed by atoms with Gasteiger partial charge in [-0.25, -0.2) is 0 Å². The van der Waals surface area contributed by atoms with E-state index in [2.05, 4.69) is 26.1 Å². The van der Waals surface area contributed by atoms with Crippen molar-refractivity contribution >= 4 is 60.8 Å². The van der Waals surface area contributed by atoms with E-state index in [1.807, 2.05) is 18.2 Å². The molecule has 0 bridgehead atoms. The lowest BCUT2D eigenvalue weighted by Crippen LogP contribution is -2.30. The third kappa shape index (κ3) is 3.30. The number of anilines is 1. The molecule has 2 unspecified atom stereocenters. The summed E-state index contributed by atoms with van der Waals surface area (Å²) in [4.78, 5) is 40.9. The number of ketones is 2. The lowest BCUT2D eigenvalue weighted by Gasteiger charge is -2.24. The van der Waals surface area contributed by atoms with Gasteiger partial charge in [-0.05, 0) is 36.8 Å². The average Bonchev–Trinajstić information content (AvgIpc) is 3.44. The van der Waals surface area contributed by atoms with Crippen LogP contribution in [-0.2, 0) is 9.59 Å². The van der Waals surface area contributed by atoms with Crippen LogP contribution >= 0.6 is 27.3 Å². The van der Waals surface area contributed by atoms with Gasteiger partial charge in [0, 0.05) is 9.86 Å². The first-order valence-electron chi connectivity index (χ1n) is 9.40. The van der Waals surface area contributed by atoms with E-state index in [-0.39, 0.29) is 10.9 Å². The van der Waals surface area contributed by atoms with E-state index < -0.39 is 29.4 Å². The molecule has 1 fully saturated rings. The maximum atomic E-state index is 13.5. The molecule has 7 nitrogen and oxygen atoms in total. The zero-order chi connectivity index (χ0) is 21.7. The summed E-state index contributed by atoms with van der Waals surface area (Å²) in [6.07, 6.45) is 0. The number of para-hydroxylation sites is 1. The fourth-order valence-corrected chi connectivity index (χ4v) is 4.95. The molecule has 31 heavy (non-hydrogen) atoms. The Morgan fingerprint density at radius 2 is 1.90 bits per heavy atom. The molecule has 5 rings (SSSR count). The Morgan fingerprint density at radius 3 is 2.61 bits per heavy atom. The predicted molar refractivity (Wildman–Crippen MR) is 118 cm³/mol. The number of aryl methyl sites for hydroxylation is 1. The normalized spacial score (nSPS) is 18.8. The van der Waals surface area contributed by atoms with Gasteiger partial charge in [0.25, 0.3) is 5.91 Å². The highest BCUT2D eigenvalue weighted by Gasteiger charge is 2.54. The summed E-state index contributed by atoms with van der Waals surface area (Å²) in [7, 11) is 0. The zero-order valence-electron chi connectivity index (χ0n) is 16.1. The highest BCUT2D eigenvalue weighted by molar-refractivity contribution is 9.10. The van der Waals surface area contributed by atoms with Crippen LogP contribution in [0.2, 0.25) is 0 Å². The highest BCUT2D eigenvalue weighted by Crippen LogP contribution is 2.42. The number of fused-ring (bicyclic) bond motifs is 1. The summed E-state index contributed by atoms with van der Waals surface area (Å²) in [5.74, 6) is -3.32. The van der Waals surface area contributed by atoms with Crippen molar-refractivity contribution in [2.75, 3.05) is 4.90 Å². The van der Waals surface area contributed by atoms with Gasteiger partial charge in [-0.3, -0.25) is 19.3 Å². The number of nitrogens with zero attached hydrogens (tertiary/aromatic N) is 3. The Morgan fingerprint density at radius 1 is 1.10 bits per heavy atom. The first-order chi connectivity index (χ1) is 14.9. The fourth-order valence-electron chi connectivity index (χ4n) is 3.81. The predicted octanol–water partition coefficient (Wildman–Crippen LogP) is 4.51. The number of hydrogen-bond donors (Lipinski definition) is 0. The molecule has 154 valence electrons. The highest BCUT2D eigenvalue weighted by atomic mass is 79.9. The van der Waals surface area contributed by atoms with Crippen molar-refractivity contribution in [2.24, 2.45) is 5.92 Å². The molecule has 1 saturated heterocycles. The lowest BCUT2D eigenvalue weighted by molar-refractivity contribution is -0.135. The minimum Gasteiger partial charge on any atom is -0.453 e. The van der Waals surface area contributed by atoms with Gasteiger partial charge in [-0.2, -0.15) is 0 Å². The van der Waals surface area contributed by atoms with Crippen LogP contribution in [0, 0.1) is 12.8 Å². The van der Waals surface area contributed by atoms with Gasteiger partial charge >= 0.3 is 0 Å². The molecule has 1 aliphatic rings. The number of carbonyl (C=O) groups excluding carboxylic acids is 3. The monoisotopic (exact) mass is 495 g/mol. The third-order valence-corrected chi connectivity index (χ3v) is 6.50. The maximum absolute atomic E-state index is 13.5. The van der Waals surface area contributed by atoms with Gasteiger partial charge in [0.2, 0.25) is 16.7 Å². The van der Waals surface area contributed by atoms with Crippen molar-refractivity contribution in [1.29, 1.82) is 0 Å². The van der Waals surface area contributed by atoms with E-state index in [9.17, 15) is 14.4 Å². The number of aromatic nitrogens is 2. The van der Waals surface area contributed by atoms with Gasteiger partial charge in [0.05, 0.1) is 6.04 Å². The molecule has 2 atom stereocenters. The van der Waals surface area contributed by atoms with Crippen LogP contribution in [0.1, 0.15) is 27.2 Å². The Labute approximate surface area is 188 Å². The molecule has 0 N–H and O–H groups in total. The Bertz CT molecular complexity index is 1330. The smallest absolute Gasteiger partial charge is 0.297 e. The van der Waals surface area contributed by atoms with Crippen LogP contribution < -0.4 is 4.90 Å². The Balaban J connectivity index is 1.65. The van der Waals surface area contributed by atoms with Gasteiger partial charge in [0.1, 0.15) is 16.5 Å². The number of carbonyl (C=O) groups is 3. The standard InChI is InChI=1S/C22H14BrN3O4S/c1-11-24-25-22(31-11)26-18(13-6-4-7-14(23)9-13)17(20(28)21(26)29)19(27)16-10-12-5-2-3-8-15(12)30-16/h2-10,17-18H,1H3. The Hall–Kier alpha value is -3.17. The molecule has 4 aromatic rings. The van der Waals surface area contributed by atoms with Crippen LogP contribution in [0.3, 0.4) is 0 Å². The van der Waals surface area contributed by atoms with E-state index in [0.29, 0.717) is 16.2 Å². The number of amides is 1. The third-order valence-electron chi connectivity index (χ3n) is 5.17. The van der Waals surface area contributed by atoms with Crippen LogP contribution in [-0.4, -0.2) is 27.7 Å². The number of benzene rings is 2. The summed E-state index contributed by atoms with van der Waals surface area (Å²) in [6.45, 7) is 1.76. The summed E-state index contributed by atoms with van der Waals surface area (Å²) < 4.78 is 6.48. The molecule has 0 spiro atoms. The number of furan rings is 1. The SMILES string of the molecule is Cc1nnc(N2C(=O)C(=O)C(C(=O)c3cc4ccccc4o3)C2c2cccc(Br)c2)s1. The van der Waals surface area contributed by atoms with Crippen molar-refractivity contribution in [3.05, 3.63) is 75.4 Å². The molecule has 2 aromatic heterocycles. The van der Waals surface area contributed by atoms with E-state index >= 15 is 0 Å². The van der Waals surface area contributed by atoms with Gasteiger partial charge in [0.15, 0.2) is 5.76 Å². The van der Waals surface area contributed by atoms with Crippen LogP contribution in [0.5, 0.6) is 0 Å². The van der Waals surface area contributed by atoms with Crippen molar-refractivity contribution in [3.8, 4) is 0 Å². The molecule has 9 heteroatoms. The summed E-state index contributed by atoms with van der Waals surface area (Å²) >= 11 is 4.62. The lowest BCUT2D eigenvalue weighted by atomic mass is 9.88. The number of halogens is 1. The molecule has 0 radical (unpaired) electrons. The summed E-state index contributed by atoms with van der Waals surface area (Å²) in [5, 5.41) is 9.71. The van der Waals surface area contributed by atoms with E-state index in [0.717, 1.165) is 9.86 Å². The fraction of sp³-hybridized carbons (Fsp3) is 0.136. The van der Waals surface area contributed by atoms with Crippen LogP contribution in [0.25, 0.3) is 11.0 Å². The van der Waals surface area contributed by atoms with E-state index in [4.69, 9.17) is 4.42 Å². The van der Waals surface area contributed by atoms with Crippen LogP contribution in [0.4, 0.5) is 5.13 Å². The molecule has 0 saturated carbocycles. The largest absolute Gasteiger partial charge is 0.453 e.